The van der Waals surface area contributed by atoms with Gasteiger partial charge in [0.25, 0.3) is 0 Å². The number of rotatable bonds is 0. The van der Waals surface area contributed by atoms with Crippen molar-refractivity contribution in [2.24, 2.45) is 0 Å². The second-order valence-corrected chi connectivity index (χ2v) is 5.21. The van der Waals surface area contributed by atoms with Gasteiger partial charge in [0.2, 0.25) is 5.91 Å². The van der Waals surface area contributed by atoms with Crippen LogP contribution in [0.2, 0.25) is 0 Å². The molecule has 17 heavy (non-hydrogen) atoms. The van der Waals surface area contributed by atoms with Crippen LogP contribution in [0.3, 0.4) is 0 Å². The van der Waals surface area contributed by atoms with Crippen LogP contribution in [0.15, 0.2) is 0 Å². The highest BCUT2D eigenvalue weighted by atomic mass is 19.4. The molecular weight excluding hydrogens is 237 g/mol. The molecule has 2 heterocycles. The molecule has 0 unspecified atom stereocenters. The van der Waals surface area contributed by atoms with Crippen molar-refractivity contribution < 1.29 is 23.1 Å². The first-order valence-electron chi connectivity index (χ1n) is 5.45. The van der Waals surface area contributed by atoms with E-state index in [1.165, 1.54) is 11.8 Å². The summed E-state index contributed by atoms with van der Waals surface area (Å²) in [5, 5.41) is 12.6. The molecule has 0 aromatic rings. The van der Waals surface area contributed by atoms with Gasteiger partial charge in [-0.05, 0) is 13.8 Å². The quantitative estimate of drug-likeness (QED) is 0.664. The molecule has 3 atom stereocenters. The minimum Gasteiger partial charge on any atom is -0.380 e. The van der Waals surface area contributed by atoms with Gasteiger partial charge in [0.05, 0.1) is 12.1 Å². The highest BCUT2D eigenvalue weighted by molar-refractivity contribution is 5.80. The molecule has 2 aliphatic rings. The fourth-order valence-corrected chi connectivity index (χ4v) is 2.83. The number of carbonyl (C=O) groups excluding carboxylic acids is 1. The topological polar surface area (TPSA) is 52.6 Å². The number of aliphatic hydroxyl groups is 1. The van der Waals surface area contributed by atoms with Crippen LogP contribution < -0.4 is 5.32 Å². The van der Waals surface area contributed by atoms with Gasteiger partial charge in [0.15, 0.2) is 5.60 Å². The highest BCUT2D eigenvalue weighted by Crippen LogP contribution is 2.45. The summed E-state index contributed by atoms with van der Waals surface area (Å²) in [5.41, 5.74) is -4.04. The van der Waals surface area contributed by atoms with Crippen LogP contribution in [0, 0.1) is 0 Å². The van der Waals surface area contributed by atoms with E-state index in [9.17, 15) is 23.1 Å². The van der Waals surface area contributed by atoms with E-state index in [-0.39, 0.29) is 6.04 Å². The third kappa shape index (κ3) is 1.81. The Morgan fingerprint density at radius 1 is 1.53 bits per heavy atom. The lowest BCUT2D eigenvalue weighted by Crippen LogP contribution is -2.65. The highest BCUT2D eigenvalue weighted by Gasteiger charge is 2.63. The molecule has 2 fully saturated rings. The van der Waals surface area contributed by atoms with Crippen molar-refractivity contribution in [3.63, 3.8) is 0 Å². The first-order chi connectivity index (χ1) is 7.57. The van der Waals surface area contributed by atoms with Gasteiger partial charge in [-0.25, -0.2) is 0 Å². The van der Waals surface area contributed by atoms with Gasteiger partial charge in [0.1, 0.15) is 0 Å². The molecule has 0 aromatic heterocycles. The lowest BCUT2D eigenvalue weighted by Gasteiger charge is -2.47. The first kappa shape index (κ1) is 12.6. The van der Waals surface area contributed by atoms with Crippen LogP contribution in [-0.4, -0.2) is 45.9 Å². The van der Waals surface area contributed by atoms with Crippen molar-refractivity contribution in [3.05, 3.63) is 0 Å². The summed E-state index contributed by atoms with van der Waals surface area (Å²) >= 11 is 0. The Balaban J connectivity index is 2.33. The molecule has 0 bridgehead atoms. The van der Waals surface area contributed by atoms with Gasteiger partial charge in [0, 0.05) is 19.0 Å². The van der Waals surface area contributed by atoms with E-state index in [1.54, 1.807) is 6.92 Å². The Bertz CT molecular complexity index is 360. The molecule has 1 amide bonds. The molecule has 98 valence electrons. The molecule has 2 N–H and O–H groups in total. The number of nitrogens with zero attached hydrogens (tertiary/aromatic N) is 1. The molecule has 0 saturated carbocycles. The van der Waals surface area contributed by atoms with Crippen LogP contribution in [0.5, 0.6) is 0 Å². The number of halogens is 3. The maximum absolute atomic E-state index is 12.8. The number of hydrogen-bond acceptors (Lipinski definition) is 3. The smallest absolute Gasteiger partial charge is 0.380 e. The lowest BCUT2D eigenvalue weighted by molar-refractivity contribution is -0.279. The van der Waals surface area contributed by atoms with E-state index >= 15 is 0 Å². The number of fused-ring (bicyclic) bond motifs is 1. The van der Waals surface area contributed by atoms with Gasteiger partial charge in [-0.1, -0.05) is 0 Å². The van der Waals surface area contributed by atoms with Gasteiger partial charge in [-0.15, -0.1) is 0 Å². The maximum atomic E-state index is 12.8. The average molecular weight is 252 g/mol. The second kappa shape index (κ2) is 3.35. The Morgan fingerprint density at radius 2 is 2.12 bits per heavy atom. The van der Waals surface area contributed by atoms with Crippen molar-refractivity contribution in [1.82, 2.24) is 10.2 Å². The molecular formula is C10H15F3N2O2. The largest absolute Gasteiger partial charge is 0.417 e. The number of alkyl halides is 3. The fraction of sp³-hybridized carbons (Fsp3) is 0.900. The Labute approximate surface area is 96.8 Å². The SMILES string of the molecule is C[C@H]1CN2C(=O)C[C@@](O)(C(F)(F)F)C[C@]2(C)N1. The summed E-state index contributed by atoms with van der Waals surface area (Å²) in [5.74, 6) is -0.657. The van der Waals surface area contributed by atoms with Crippen LogP contribution in [0.1, 0.15) is 26.7 Å². The Morgan fingerprint density at radius 3 is 2.65 bits per heavy atom. The van der Waals surface area contributed by atoms with Crippen molar-refractivity contribution in [3.8, 4) is 0 Å². The lowest BCUT2D eigenvalue weighted by atomic mass is 9.83. The van der Waals surface area contributed by atoms with Crippen LogP contribution >= 0.6 is 0 Å². The van der Waals surface area contributed by atoms with Crippen molar-refractivity contribution in [2.45, 2.75) is 50.2 Å². The van der Waals surface area contributed by atoms with E-state index in [1.807, 2.05) is 0 Å². The van der Waals surface area contributed by atoms with Gasteiger partial charge < -0.3 is 10.0 Å². The summed E-state index contributed by atoms with van der Waals surface area (Å²) in [6.07, 6.45) is -6.20. The zero-order chi connectivity index (χ0) is 13.1. The molecule has 2 rings (SSSR count). The van der Waals surface area contributed by atoms with Gasteiger partial charge in [-0.3, -0.25) is 10.1 Å². The number of piperidine rings is 1. The van der Waals surface area contributed by atoms with Gasteiger partial charge in [-0.2, -0.15) is 13.2 Å². The predicted octanol–water partition coefficient (Wildman–Crippen LogP) is 0.610. The predicted molar refractivity (Wildman–Crippen MR) is 53.0 cm³/mol. The first-order valence-corrected chi connectivity index (χ1v) is 5.45. The van der Waals surface area contributed by atoms with Crippen molar-refractivity contribution >= 4 is 5.91 Å². The average Bonchev–Trinajstić information content (AvgIpc) is 2.37. The monoisotopic (exact) mass is 252 g/mol. The molecule has 7 heteroatoms. The Hall–Kier alpha value is -0.820. The summed E-state index contributed by atoms with van der Waals surface area (Å²) in [6, 6.07) is -0.0699. The Kier molecular flexibility index (Phi) is 2.49. The number of carbonyl (C=O) groups is 1. The molecule has 4 nitrogen and oxygen atoms in total. The standard InChI is InChI=1S/C10H15F3N2O2/c1-6-4-15-7(16)3-9(17,10(11,12)13)5-8(15,2)14-6/h6,14,17H,3-5H2,1-2H3/t6-,8+,9-/m0/s1. The third-order valence-electron chi connectivity index (χ3n) is 3.52. The molecule has 2 saturated heterocycles. The minimum absolute atomic E-state index is 0.0699. The fourth-order valence-electron chi connectivity index (χ4n) is 2.83. The summed E-state index contributed by atoms with van der Waals surface area (Å²) < 4.78 is 38.3. The zero-order valence-corrected chi connectivity index (χ0v) is 9.64. The van der Waals surface area contributed by atoms with Crippen LogP contribution in [0.25, 0.3) is 0 Å². The molecule has 0 aliphatic carbocycles. The molecule has 0 aromatic carbocycles. The van der Waals surface area contributed by atoms with E-state index in [0.717, 1.165) is 0 Å². The normalized spacial score (nSPS) is 42.8. The summed E-state index contributed by atoms with van der Waals surface area (Å²) in [6.45, 7) is 3.69. The molecule has 0 spiro atoms. The third-order valence-corrected chi connectivity index (χ3v) is 3.52. The number of amides is 1. The molecule has 2 aliphatic heterocycles. The van der Waals surface area contributed by atoms with E-state index < -0.39 is 36.2 Å². The summed E-state index contributed by atoms with van der Waals surface area (Å²) in [4.78, 5) is 13.1. The van der Waals surface area contributed by atoms with E-state index in [0.29, 0.717) is 6.54 Å². The zero-order valence-electron chi connectivity index (χ0n) is 9.64. The van der Waals surface area contributed by atoms with Gasteiger partial charge >= 0.3 is 6.18 Å². The number of hydrogen-bond donors (Lipinski definition) is 2. The van der Waals surface area contributed by atoms with Crippen molar-refractivity contribution in [1.29, 1.82) is 0 Å². The summed E-state index contributed by atoms with van der Waals surface area (Å²) in [7, 11) is 0. The van der Waals surface area contributed by atoms with Crippen LogP contribution in [0.4, 0.5) is 13.2 Å². The van der Waals surface area contributed by atoms with Crippen LogP contribution in [-0.2, 0) is 4.79 Å². The van der Waals surface area contributed by atoms with E-state index in [2.05, 4.69) is 5.32 Å². The molecule has 0 radical (unpaired) electrons. The maximum Gasteiger partial charge on any atom is 0.417 e. The number of nitrogens with one attached hydrogen (secondary N) is 1. The van der Waals surface area contributed by atoms with E-state index in [4.69, 9.17) is 0 Å². The second-order valence-electron chi connectivity index (χ2n) is 5.21. The van der Waals surface area contributed by atoms with Crippen molar-refractivity contribution in [2.75, 3.05) is 6.54 Å². The minimum atomic E-state index is -4.79.